The number of hydrogen-bond donors (Lipinski definition) is 0. The van der Waals surface area contributed by atoms with E-state index in [0.717, 1.165) is 11.1 Å². The van der Waals surface area contributed by atoms with Crippen LogP contribution < -0.4 is 0 Å². The van der Waals surface area contributed by atoms with Gasteiger partial charge in [-0.15, -0.1) is 0 Å². The average molecular weight is 457 g/mol. The Morgan fingerprint density at radius 3 is 1.39 bits per heavy atom. The first-order chi connectivity index (χ1) is 14.5. The van der Waals surface area contributed by atoms with Gasteiger partial charge in [-0.05, 0) is 47.6 Å². The molecule has 2 atom stereocenters. The fraction of sp³-hybridized carbons (Fsp3) is 0.364. The third-order valence-corrected chi connectivity index (χ3v) is 12.6. The molecule has 7 nitrogen and oxygen atoms in total. The smallest absolute Gasteiger partial charge is 0.448 e. The summed E-state index contributed by atoms with van der Waals surface area (Å²) in [5.74, 6) is 1.29. The molecule has 2 aromatic rings. The van der Waals surface area contributed by atoms with E-state index in [0.29, 0.717) is 33.3 Å². The Bertz CT molecular complexity index is 932. The Balaban J connectivity index is 1.63. The summed E-state index contributed by atoms with van der Waals surface area (Å²) in [6.07, 6.45) is 1.42. The summed E-state index contributed by atoms with van der Waals surface area (Å²) < 4.78 is 20.9. The van der Waals surface area contributed by atoms with E-state index in [4.69, 9.17) is 23.2 Å². The summed E-state index contributed by atoms with van der Waals surface area (Å²) in [6.45, 7) is 4.25. The van der Waals surface area contributed by atoms with Crippen molar-refractivity contribution in [3.05, 3.63) is 71.8 Å². The van der Waals surface area contributed by atoms with Crippen LogP contribution in [-0.4, -0.2) is 78.6 Å². The summed E-state index contributed by atoms with van der Waals surface area (Å²) in [5.41, 5.74) is 1.93. The van der Waals surface area contributed by atoms with Crippen LogP contribution in [0.25, 0.3) is 0 Å². The van der Waals surface area contributed by atoms with Gasteiger partial charge in [-0.2, -0.15) is 9.18 Å². The van der Waals surface area contributed by atoms with Crippen molar-refractivity contribution >= 4 is 28.9 Å². The van der Waals surface area contributed by atoms with Crippen molar-refractivity contribution in [1.29, 1.82) is 0 Å². The van der Waals surface area contributed by atoms with E-state index in [1.165, 1.54) is 0 Å². The minimum Gasteiger partial charge on any atom is -0.499 e. The lowest BCUT2D eigenvalue weighted by Gasteiger charge is -2.44. The van der Waals surface area contributed by atoms with Gasteiger partial charge in [-0.1, -0.05) is 36.4 Å². The lowest BCUT2D eigenvalue weighted by atomic mass is 10.2. The van der Waals surface area contributed by atoms with Crippen LogP contribution in [0.3, 0.4) is 0 Å². The second kappa shape index (κ2) is 7.68. The molecule has 9 heteroatoms. The van der Waals surface area contributed by atoms with Crippen molar-refractivity contribution < 1.29 is 22.2 Å². The maximum Gasteiger partial charge on any atom is 0.448 e. The highest BCUT2D eigenvalue weighted by molar-refractivity contribution is 6.81. The molecule has 2 aliphatic heterocycles. The SMILES string of the molecule is C[N+]1(C)C[Si](C)(O[Si]2(C)C[N+](C)(C)N=C(c3ccccc3)O2)OC(c2ccccc2)=N1. The maximum absolute atomic E-state index is 6.92. The highest BCUT2D eigenvalue weighted by atomic mass is 28.5. The molecule has 0 spiro atoms. The maximum atomic E-state index is 6.92. The van der Waals surface area contributed by atoms with Crippen LogP contribution in [0.15, 0.2) is 70.9 Å². The van der Waals surface area contributed by atoms with Crippen LogP contribution in [0, 0.1) is 0 Å². The van der Waals surface area contributed by atoms with E-state index in [9.17, 15) is 0 Å². The summed E-state index contributed by atoms with van der Waals surface area (Å²) in [4.78, 5) is 0. The zero-order valence-corrected chi connectivity index (χ0v) is 21.2. The molecular formula is C22H32N4O3Si2+2. The lowest BCUT2D eigenvalue weighted by Crippen LogP contribution is -2.68. The van der Waals surface area contributed by atoms with E-state index >= 15 is 0 Å². The molecule has 4 rings (SSSR count). The zero-order valence-electron chi connectivity index (χ0n) is 19.2. The molecule has 0 bridgehead atoms. The summed E-state index contributed by atoms with van der Waals surface area (Å²) in [6, 6.07) is 20.1. The Morgan fingerprint density at radius 2 is 1.03 bits per heavy atom. The standard InChI is InChI=1S/C22H32N4O3Si2/c1-25(2)17-30(5,27-21(23-25)19-13-9-7-10-14-19)29-31(6)18-26(3,4)24-22(28-31)20-15-11-8-12-16-20/h7-16H,17-18H2,1-6H3/q+2. The van der Waals surface area contributed by atoms with Crippen molar-refractivity contribution in [3.63, 3.8) is 0 Å². The molecular weight excluding hydrogens is 424 g/mol. The summed E-state index contributed by atoms with van der Waals surface area (Å²) >= 11 is 0. The largest absolute Gasteiger partial charge is 0.499 e. The van der Waals surface area contributed by atoms with Gasteiger partial charge < -0.3 is 13.0 Å². The minimum atomic E-state index is -2.66. The molecule has 164 valence electrons. The predicted molar refractivity (Wildman–Crippen MR) is 126 cm³/mol. The van der Waals surface area contributed by atoms with Crippen LogP contribution in [0.4, 0.5) is 0 Å². The summed E-state index contributed by atoms with van der Waals surface area (Å²) in [7, 11) is 3.03. The van der Waals surface area contributed by atoms with Gasteiger partial charge in [-0.3, -0.25) is 0 Å². The Kier molecular flexibility index (Phi) is 5.43. The molecule has 0 amide bonds. The monoisotopic (exact) mass is 456 g/mol. The van der Waals surface area contributed by atoms with Gasteiger partial charge in [0.05, 0.1) is 28.2 Å². The molecule has 0 saturated carbocycles. The second-order valence-corrected chi connectivity index (χ2v) is 16.1. The van der Waals surface area contributed by atoms with E-state index < -0.39 is 17.1 Å². The third kappa shape index (κ3) is 5.13. The second-order valence-electron chi connectivity index (χ2n) is 9.67. The van der Waals surface area contributed by atoms with E-state index in [-0.39, 0.29) is 0 Å². The van der Waals surface area contributed by atoms with Crippen LogP contribution >= 0.6 is 0 Å². The van der Waals surface area contributed by atoms with Crippen molar-refractivity contribution in [3.8, 4) is 0 Å². The molecule has 2 aliphatic rings. The lowest BCUT2D eigenvalue weighted by molar-refractivity contribution is -0.891. The fourth-order valence-electron chi connectivity index (χ4n) is 4.44. The first-order valence-electron chi connectivity index (χ1n) is 10.5. The van der Waals surface area contributed by atoms with Gasteiger partial charge in [0.1, 0.15) is 0 Å². The highest BCUT2D eigenvalue weighted by Crippen LogP contribution is 2.30. The van der Waals surface area contributed by atoms with Gasteiger partial charge >= 0.3 is 17.1 Å². The van der Waals surface area contributed by atoms with Gasteiger partial charge in [-0.25, -0.2) is 0 Å². The van der Waals surface area contributed by atoms with Gasteiger partial charge in [0, 0.05) is 11.1 Å². The average Bonchev–Trinajstić information content (AvgIpc) is 2.65. The molecule has 2 aromatic carbocycles. The molecule has 0 aromatic heterocycles. The van der Waals surface area contributed by atoms with E-state index in [1.807, 2.05) is 60.7 Å². The van der Waals surface area contributed by atoms with Crippen LogP contribution in [0.5, 0.6) is 0 Å². The quantitative estimate of drug-likeness (QED) is 0.525. The molecule has 0 N–H and O–H groups in total. The number of rotatable bonds is 4. The normalized spacial score (nSPS) is 29.2. The van der Waals surface area contributed by atoms with Crippen molar-refractivity contribution in [2.45, 2.75) is 13.1 Å². The predicted octanol–water partition coefficient (Wildman–Crippen LogP) is 3.16. The number of hydrogen-bond acceptors (Lipinski definition) is 5. The first-order valence-corrected chi connectivity index (χ1v) is 15.6. The van der Waals surface area contributed by atoms with Crippen LogP contribution in [-0.2, 0) is 13.0 Å². The first kappa shape index (κ1) is 21.9. The van der Waals surface area contributed by atoms with E-state index in [1.54, 1.807) is 0 Å². The Hall–Kier alpha value is -2.31. The van der Waals surface area contributed by atoms with Crippen molar-refractivity contribution in [1.82, 2.24) is 0 Å². The van der Waals surface area contributed by atoms with Gasteiger partial charge in [0.15, 0.2) is 12.3 Å². The Morgan fingerprint density at radius 1 is 0.677 bits per heavy atom. The number of quaternary nitrogens is 2. The van der Waals surface area contributed by atoms with Crippen LogP contribution in [0.2, 0.25) is 13.1 Å². The number of nitrogens with zero attached hydrogens (tertiary/aromatic N) is 4. The molecule has 0 radical (unpaired) electrons. The number of benzene rings is 2. The fourth-order valence-corrected chi connectivity index (χ4v) is 13.2. The molecule has 2 heterocycles. The molecule has 31 heavy (non-hydrogen) atoms. The van der Waals surface area contributed by atoms with Crippen molar-refractivity contribution in [2.24, 2.45) is 10.2 Å². The third-order valence-electron chi connectivity index (χ3n) is 5.17. The minimum absolute atomic E-state index is 0.468. The Labute approximate surface area is 186 Å². The topological polar surface area (TPSA) is 52.4 Å². The van der Waals surface area contributed by atoms with E-state index in [2.05, 4.69) is 41.3 Å². The summed E-state index contributed by atoms with van der Waals surface area (Å²) in [5, 5.41) is 9.64. The molecule has 0 saturated heterocycles. The zero-order chi connectivity index (χ0) is 22.3. The van der Waals surface area contributed by atoms with Gasteiger partial charge in [0.25, 0.3) is 11.8 Å². The molecule has 0 fully saturated rings. The highest BCUT2D eigenvalue weighted by Gasteiger charge is 2.57. The van der Waals surface area contributed by atoms with Crippen molar-refractivity contribution in [2.75, 3.05) is 40.5 Å². The van der Waals surface area contributed by atoms with Crippen LogP contribution in [0.1, 0.15) is 11.1 Å². The van der Waals surface area contributed by atoms with Gasteiger partial charge in [0.2, 0.25) is 0 Å². The molecule has 0 aliphatic carbocycles. The molecule has 2 unspecified atom stereocenters.